The van der Waals surface area contributed by atoms with Gasteiger partial charge in [-0.1, -0.05) is 24.9 Å². The van der Waals surface area contributed by atoms with Crippen LogP contribution in [0.5, 0.6) is 0 Å². The molecule has 0 spiro atoms. The zero-order chi connectivity index (χ0) is 11.8. The Labute approximate surface area is 108 Å². The van der Waals surface area contributed by atoms with E-state index in [1.54, 1.807) is 11.3 Å². The number of nitrogens with zero attached hydrogens (tertiary/aromatic N) is 1. The van der Waals surface area contributed by atoms with Crippen molar-refractivity contribution in [2.24, 2.45) is 0 Å². The van der Waals surface area contributed by atoms with Crippen molar-refractivity contribution >= 4 is 22.9 Å². The maximum Gasteiger partial charge on any atom is 0.0931 e. The Morgan fingerprint density at radius 1 is 1.38 bits per heavy atom. The number of thiophene rings is 1. The SMILES string of the molecule is CCCCN(C)CCNCc1ccc(Cl)s1. The smallest absolute Gasteiger partial charge is 0.0931 e. The fraction of sp³-hybridized carbons (Fsp3) is 0.667. The van der Waals surface area contributed by atoms with Crippen LogP contribution in [-0.2, 0) is 6.54 Å². The van der Waals surface area contributed by atoms with Gasteiger partial charge in [0.05, 0.1) is 4.34 Å². The summed E-state index contributed by atoms with van der Waals surface area (Å²) in [6.07, 6.45) is 2.56. The van der Waals surface area contributed by atoms with E-state index in [1.165, 1.54) is 24.3 Å². The molecule has 0 radical (unpaired) electrons. The molecule has 4 heteroatoms. The summed E-state index contributed by atoms with van der Waals surface area (Å²) < 4.78 is 0.872. The molecule has 1 heterocycles. The van der Waals surface area contributed by atoms with Gasteiger partial charge >= 0.3 is 0 Å². The molecular formula is C12H21ClN2S. The van der Waals surface area contributed by atoms with Gasteiger partial charge in [0.25, 0.3) is 0 Å². The van der Waals surface area contributed by atoms with Crippen molar-refractivity contribution in [2.45, 2.75) is 26.3 Å². The molecule has 0 aliphatic rings. The normalized spacial score (nSPS) is 11.2. The molecule has 1 N–H and O–H groups in total. The first-order chi connectivity index (χ1) is 7.72. The lowest BCUT2D eigenvalue weighted by atomic mass is 10.3. The molecule has 16 heavy (non-hydrogen) atoms. The van der Waals surface area contributed by atoms with E-state index < -0.39 is 0 Å². The average Bonchev–Trinajstić information content (AvgIpc) is 2.67. The van der Waals surface area contributed by atoms with E-state index in [1.807, 2.05) is 6.07 Å². The Morgan fingerprint density at radius 2 is 2.19 bits per heavy atom. The largest absolute Gasteiger partial charge is 0.311 e. The lowest BCUT2D eigenvalue weighted by molar-refractivity contribution is 0.325. The summed E-state index contributed by atoms with van der Waals surface area (Å²) in [6.45, 7) is 6.50. The first kappa shape index (κ1) is 14.0. The molecule has 0 atom stereocenters. The second kappa shape index (κ2) is 8.07. The van der Waals surface area contributed by atoms with Crippen LogP contribution < -0.4 is 5.32 Å². The van der Waals surface area contributed by atoms with Crippen LogP contribution in [0.3, 0.4) is 0 Å². The lowest BCUT2D eigenvalue weighted by Crippen LogP contribution is -2.29. The number of rotatable bonds is 8. The molecule has 0 aliphatic heterocycles. The lowest BCUT2D eigenvalue weighted by Gasteiger charge is -2.15. The van der Waals surface area contributed by atoms with E-state index >= 15 is 0 Å². The van der Waals surface area contributed by atoms with E-state index in [0.717, 1.165) is 24.0 Å². The Kier molecular flexibility index (Phi) is 7.05. The van der Waals surface area contributed by atoms with Crippen molar-refractivity contribution in [3.63, 3.8) is 0 Å². The quantitative estimate of drug-likeness (QED) is 0.722. The Bertz CT molecular complexity index is 288. The Morgan fingerprint density at radius 3 is 2.81 bits per heavy atom. The summed E-state index contributed by atoms with van der Waals surface area (Å²) >= 11 is 7.51. The summed E-state index contributed by atoms with van der Waals surface area (Å²) in [6, 6.07) is 4.04. The fourth-order valence-electron chi connectivity index (χ4n) is 1.47. The standard InChI is InChI=1S/C12H21ClN2S/c1-3-4-8-15(2)9-7-14-10-11-5-6-12(13)16-11/h5-6,14H,3-4,7-10H2,1-2H3. The molecule has 0 fully saturated rings. The molecule has 0 amide bonds. The van der Waals surface area contributed by atoms with Crippen molar-refractivity contribution in [3.8, 4) is 0 Å². The predicted octanol–water partition coefficient (Wildman–Crippen LogP) is 3.22. The molecule has 0 bridgehead atoms. The van der Waals surface area contributed by atoms with Crippen LogP contribution in [0.2, 0.25) is 4.34 Å². The average molecular weight is 261 g/mol. The van der Waals surface area contributed by atoms with Gasteiger partial charge in [-0.25, -0.2) is 0 Å². The number of unbranched alkanes of at least 4 members (excludes halogenated alkanes) is 1. The molecule has 0 aliphatic carbocycles. The summed E-state index contributed by atoms with van der Waals surface area (Å²) in [5, 5.41) is 3.43. The number of hydrogen-bond acceptors (Lipinski definition) is 3. The van der Waals surface area contributed by atoms with E-state index in [2.05, 4.69) is 30.3 Å². The van der Waals surface area contributed by atoms with Gasteiger partial charge in [-0.05, 0) is 32.1 Å². The van der Waals surface area contributed by atoms with Crippen molar-refractivity contribution in [1.82, 2.24) is 10.2 Å². The molecule has 2 nitrogen and oxygen atoms in total. The maximum absolute atomic E-state index is 5.86. The van der Waals surface area contributed by atoms with Crippen molar-refractivity contribution in [2.75, 3.05) is 26.7 Å². The molecule has 1 rings (SSSR count). The first-order valence-corrected chi connectivity index (χ1v) is 7.05. The second-order valence-corrected chi connectivity index (χ2v) is 5.84. The highest BCUT2D eigenvalue weighted by atomic mass is 35.5. The van der Waals surface area contributed by atoms with Gasteiger partial charge in [-0.3, -0.25) is 0 Å². The van der Waals surface area contributed by atoms with Gasteiger partial charge in [0.1, 0.15) is 0 Å². The maximum atomic E-state index is 5.86. The Balaban J connectivity index is 2.03. The van der Waals surface area contributed by atoms with Gasteiger partial charge in [0.15, 0.2) is 0 Å². The van der Waals surface area contributed by atoms with Crippen molar-refractivity contribution in [3.05, 3.63) is 21.3 Å². The van der Waals surface area contributed by atoms with Crippen molar-refractivity contribution in [1.29, 1.82) is 0 Å². The highest BCUT2D eigenvalue weighted by molar-refractivity contribution is 7.16. The molecule has 0 unspecified atom stereocenters. The van der Waals surface area contributed by atoms with Crippen molar-refractivity contribution < 1.29 is 0 Å². The molecule has 92 valence electrons. The topological polar surface area (TPSA) is 15.3 Å². The van der Waals surface area contributed by atoms with Crippen LogP contribution in [0.4, 0.5) is 0 Å². The Hall–Kier alpha value is -0.0900. The van der Waals surface area contributed by atoms with Gasteiger partial charge in [0.2, 0.25) is 0 Å². The zero-order valence-electron chi connectivity index (χ0n) is 10.1. The number of hydrogen-bond donors (Lipinski definition) is 1. The van der Waals surface area contributed by atoms with Crippen LogP contribution >= 0.6 is 22.9 Å². The van der Waals surface area contributed by atoms with E-state index in [9.17, 15) is 0 Å². The minimum atomic E-state index is 0.872. The summed E-state index contributed by atoms with van der Waals surface area (Å²) in [5.41, 5.74) is 0. The van der Waals surface area contributed by atoms with Crippen LogP contribution in [0.15, 0.2) is 12.1 Å². The predicted molar refractivity (Wildman–Crippen MR) is 73.4 cm³/mol. The number of halogens is 1. The highest BCUT2D eigenvalue weighted by Crippen LogP contribution is 2.20. The zero-order valence-corrected chi connectivity index (χ0v) is 11.7. The fourth-order valence-corrected chi connectivity index (χ4v) is 2.53. The van der Waals surface area contributed by atoms with E-state index in [-0.39, 0.29) is 0 Å². The van der Waals surface area contributed by atoms with Gasteiger partial charge in [0, 0.05) is 24.5 Å². The van der Waals surface area contributed by atoms with Crippen LogP contribution in [0, 0.1) is 0 Å². The third-order valence-corrected chi connectivity index (χ3v) is 3.72. The van der Waals surface area contributed by atoms with E-state index in [4.69, 9.17) is 11.6 Å². The monoisotopic (exact) mass is 260 g/mol. The highest BCUT2D eigenvalue weighted by Gasteiger charge is 1.99. The number of nitrogens with one attached hydrogen (secondary N) is 1. The van der Waals surface area contributed by atoms with Gasteiger partial charge in [-0.2, -0.15) is 0 Å². The molecule has 0 saturated heterocycles. The molecule has 0 saturated carbocycles. The second-order valence-electron chi connectivity index (χ2n) is 4.04. The molecule has 0 aromatic carbocycles. The van der Waals surface area contributed by atoms with Crippen LogP contribution in [0.25, 0.3) is 0 Å². The minimum absolute atomic E-state index is 0.872. The van der Waals surface area contributed by atoms with Gasteiger partial charge < -0.3 is 10.2 Å². The van der Waals surface area contributed by atoms with Crippen LogP contribution in [0.1, 0.15) is 24.6 Å². The summed E-state index contributed by atoms with van der Waals surface area (Å²) in [4.78, 5) is 3.68. The van der Waals surface area contributed by atoms with E-state index in [0.29, 0.717) is 0 Å². The van der Waals surface area contributed by atoms with Crippen LogP contribution in [-0.4, -0.2) is 31.6 Å². The summed E-state index contributed by atoms with van der Waals surface area (Å²) in [5.74, 6) is 0. The molecular weight excluding hydrogens is 240 g/mol. The first-order valence-electron chi connectivity index (χ1n) is 5.86. The minimum Gasteiger partial charge on any atom is -0.311 e. The number of likely N-dealkylation sites (N-methyl/N-ethyl adjacent to an activating group) is 1. The third kappa shape index (κ3) is 5.85. The third-order valence-electron chi connectivity index (χ3n) is 2.49. The summed E-state index contributed by atoms with van der Waals surface area (Å²) in [7, 11) is 2.18. The molecule has 1 aromatic heterocycles. The van der Waals surface area contributed by atoms with Gasteiger partial charge in [-0.15, -0.1) is 11.3 Å². The molecule has 1 aromatic rings.